The number of nitrogen functional groups attached to an aromatic ring is 1. The number of piperidine rings is 1. The predicted molar refractivity (Wildman–Crippen MR) is 149 cm³/mol. The van der Waals surface area contributed by atoms with Gasteiger partial charge < -0.3 is 16.0 Å². The highest BCUT2D eigenvalue weighted by atomic mass is 16.2. The number of carbonyl (C=O) groups excluding carboxylic acids is 2. The molecule has 0 radical (unpaired) electrons. The molecule has 37 heavy (non-hydrogen) atoms. The Morgan fingerprint density at radius 1 is 1.22 bits per heavy atom. The zero-order chi connectivity index (χ0) is 26.3. The van der Waals surface area contributed by atoms with Crippen LogP contribution in [0.4, 0.5) is 5.69 Å². The number of imidazole rings is 1. The minimum absolute atomic E-state index is 0.0461. The molecule has 1 spiro atoms. The number of aromatic nitrogens is 2. The van der Waals surface area contributed by atoms with Crippen LogP contribution in [0.25, 0.3) is 11.3 Å². The Hall–Kier alpha value is -3.00. The van der Waals surface area contributed by atoms with Gasteiger partial charge in [0.05, 0.1) is 24.5 Å². The molecule has 8 nitrogen and oxygen atoms in total. The van der Waals surface area contributed by atoms with E-state index in [0.29, 0.717) is 36.3 Å². The first-order valence-corrected chi connectivity index (χ1v) is 13.8. The van der Waals surface area contributed by atoms with Crippen LogP contribution in [0, 0.1) is 5.41 Å². The van der Waals surface area contributed by atoms with Gasteiger partial charge in [0.25, 0.3) is 0 Å². The second kappa shape index (κ2) is 12.5. The third-order valence-corrected chi connectivity index (χ3v) is 8.01. The van der Waals surface area contributed by atoms with E-state index in [0.717, 1.165) is 61.4 Å². The third-order valence-electron chi connectivity index (χ3n) is 8.01. The van der Waals surface area contributed by atoms with Crippen LogP contribution in [0.1, 0.15) is 88.6 Å². The first kappa shape index (κ1) is 27.0. The number of likely N-dealkylation sites (tertiary alicyclic amines) is 1. The summed E-state index contributed by atoms with van der Waals surface area (Å²) >= 11 is 0. The lowest BCUT2D eigenvalue weighted by molar-refractivity contribution is -0.123. The number of hydrogen-bond acceptors (Lipinski definition) is 6. The van der Waals surface area contributed by atoms with E-state index in [1.807, 2.05) is 31.3 Å². The molecule has 4 rings (SSSR count). The molecule has 2 heterocycles. The van der Waals surface area contributed by atoms with Crippen LogP contribution >= 0.6 is 0 Å². The molecule has 0 unspecified atom stereocenters. The van der Waals surface area contributed by atoms with Gasteiger partial charge >= 0.3 is 0 Å². The molecule has 0 bridgehead atoms. The van der Waals surface area contributed by atoms with Crippen LogP contribution in [0.3, 0.4) is 0 Å². The summed E-state index contributed by atoms with van der Waals surface area (Å²) in [6.45, 7) is 4.36. The highest BCUT2D eigenvalue weighted by molar-refractivity contribution is 5.89. The van der Waals surface area contributed by atoms with Crippen molar-refractivity contribution in [3.63, 3.8) is 0 Å². The van der Waals surface area contributed by atoms with Crippen LogP contribution in [0.5, 0.6) is 0 Å². The second-order valence-corrected chi connectivity index (χ2v) is 10.8. The Morgan fingerprint density at radius 2 is 2.00 bits per heavy atom. The Kier molecular flexibility index (Phi) is 9.14. The number of aliphatic imine (C=N–C) groups is 1. The van der Waals surface area contributed by atoms with Gasteiger partial charge in [-0.25, -0.2) is 4.98 Å². The Balaban J connectivity index is 1.40. The van der Waals surface area contributed by atoms with Gasteiger partial charge in [-0.1, -0.05) is 25.8 Å². The fraction of sp³-hybridized carbons (Fsp3) is 0.586. The van der Waals surface area contributed by atoms with E-state index >= 15 is 0 Å². The zero-order valence-electron chi connectivity index (χ0n) is 22.4. The lowest BCUT2D eigenvalue weighted by atomic mass is 9.94. The van der Waals surface area contributed by atoms with Gasteiger partial charge in [0, 0.05) is 42.9 Å². The molecule has 8 heteroatoms. The maximum Gasteiger partial charge on any atom is 0.234 e. The maximum absolute atomic E-state index is 13.1. The van der Waals surface area contributed by atoms with Gasteiger partial charge in [-0.15, -0.1) is 0 Å². The fourth-order valence-corrected chi connectivity index (χ4v) is 5.26. The van der Waals surface area contributed by atoms with Gasteiger partial charge in [0.1, 0.15) is 11.6 Å². The highest BCUT2D eigenvalue weighted by Crippen LogP contribution is 2.53. The molecular weight excluding hydrogens is 464 g/mol. The number of hydrogen-bond donors (Lipinski definition) is 3. The summed E-state index contributed by atoms with van der Waals surface area (Å²) in [6, 6.07) is 5.61. The van der Waals surface area contributed by atoms with Gasteiger partial charge in [0.2, 0.25) is 5.91 Å². The van der Waals surface area contributed by atoms with E-state index in [-0.39, 0.29) is 11.9 Å². The number of Topliss-reactive ketones (excluding diaryl/α,β-unsaturated/α-hetero) is 1. The van der Waals surface area contributed by atoms with Crippen LogP contribution in [0.15, 0.2) is 29.4 Å². The first-order chi connectivity index (χ1) is 17.9. The van der Waals surface area contributed by atoms with Crippen molar-refractivity contribution in [2.75, 3.05) is 32.4 Å². The van der Waals surface area contributed by atoms with Crippen molar-refractivity contribution in [3.8, 4) is 11.3 Å². The fourth-order valence-electron chi connectivity index (χ4n) is 5.26. The zero-order valence-corrected chi connectivity index (χ0v) is 22.4. The summed E-state index contributed by atoms with van der Waals surface area (Å²) in [4.78, 5) is 39.2. The van der Waals surface area contributed by atoms with E-state index in [4.69, 9.17) is 5.73 Å². The minimum Gasteiger partial charge on any atom is -0.398 e. The van der Waals surface area contributed by atoms with Gasteiger partial charge in [0.15, 0.2) is 0 Å². The van der Waals surface area contributed by atoms with Crippen LogP contribution in [0.2, 0.25) is 0 Å². The molecule has 2 aliphatic rings. The van der Waals surface area contributed by atoms with Gasteiger partial charge in [-0.05, 0) is 69.2 Å². The quantitative estimate of drug-likeness (QED) is 0.207. The average molecular weight is 507 g/mol. The molecule has 1 saturated carbocycles. The average Bonchev–Trinajstić information content (AvgIpc) is 3.46. The van der Waals surface area contributed by atoms with E-state index in [2.05, 4.69) is 25.2 Å². The lowest BCUT2D eigenvalue weighted by Crippen LogP contribution is -2.43. The molecule has 4 N–H and O–H groups in total. The summed E-state index contributed by atoms with van der Waals surface area (Å²) in [5.41, 5.74) is 10.0. The van der Waals surface area contributed by atoms with Crippen molar-refractivity contribution < 1.29 is 9.59 Å². The smallest absolute Gasteiger partial charge is 0.234 e. The van der Waals surface area contributed by atoms with Crippen molar-refractivity contribution in [2.45, 2.75) is 77.2 Å². The lowest BCUT2D eigenvalue weighted by Gasteiger charge is -2.31. The monoisotopic (exact) mass is 506 g/mol. The summed E-state index contributed by atoms with van der Waals surface area (Å²) in [5.74, 6) is 1.11. The molecule has 2 fully saturated rings. The van der Waals surface area contributed by atoms with E-state index in [1.165, 1.54) is 25.7 Å². The number of nitrogens with two attached hydrogens (primary N) is 1. The van der Waals surface area contributed by atoms with E-state index < -0.39 is 0 Å². The molecule has 200 valence electrons. The molecule has 1 aliphatic carbocycles. The van der Waals surface area contributed by atoms with Crippen LogP contribution < -0.4 is 11.1 Å². The summed E-state index contributed by atoms with van der Waals surface area (Å²) < 4.78 is 0. The van der Waals surface area contributed by atoms with Gasteiger partial charge in [-0.2, -0.15) is 0 Å². The van der Waals surface area contributed by atoms with Crippen molar-refractivity contribution in [1.82, 2.24) is 20.2 Å². The first-order valence-electron chi connectivity index (χ1n) is 13.8. The van der Waals surface area contributed by atoms with Crippen molar-refractivity contribution >= 4 is 23.6 Å². The standard InChI is InChI=1S/C29H42N6O2/c1-3-23(36)7-5-4-6-8-25(33-27(37)20-35-15-13-29(11-12-29)14-16-35)28-32-19-26(34-28)21-9-10-24(30)22(17-21)18-31-2/h9-10,17-19,25H,3-8,11-16,20,30H2,1-2H3,(H,32,34)(H,33,37)/t25-/m0/s1. The van der Waals surface area contributed by atoms with Crippen LogP contribution in [-0.4, -0.2) is 59.5 Å². The molecule has 1 aromatic carbocycles. The number of H-pyrrole nitrogens is 1. The minimum atomic E-state index is -0.201. The van der Waals surface area contributed by atoms with E-state index in [1.54, 1.807) is 13.3 Å². The molecule has 1 amide bonds. The molecule has 2 aromatic rings. The number of anilines is 1. The number of amides is 1. The number of unbranched alkanes of at least 4 members (excludes halogenated alkanes) is 2. The largest absolute Gasteiger partial charge is 0.398 e. The Labute approximate surface area is 220 Å². The number of carbonyl (C=O) groups is 2. The predicted octanol–water partition coefficient (Wildman–Crippen LogP) is 4.67. The number of rotatable bonds is 13. The number of aromatic amines is 1. The summed E-state index contributed by atoms with van der Waals surface area (Å²) in [6.07, 6.45) is 13.5. The number of ketones is 1. The number of benzene rings is 1. The summed E-state index contributed by atoms with van der Waals surface area (Å²) in [5, 5.41) is 3.25. The molecule has 1 atom stereocenters. The highest BCUT2D eigenvalue weighted by Gasteiger charge is 2.44. The Bertz CT molecular complexity index is 1090. The van der Waals surface area contributed by atoms with Crippen molar-refractivity contribution in [2.24, 2.45) is 10.4 Å². The third kappa shape index (κ3) is 7.51. The topological polar surface area (TPSA) is 116 Å². The van der Waals surface area contributed by atoms with Gasteiger partial charge in [-0.3, -0.25) is 19.5 Å². The van der Waals surface area contributed by atoms with Crippen LogP contribution in [-0.2, 0) is 9.59 Å². The molecule has 1 aromatic heterocycles. The Morgan fingerprint density at radius 3 is 2.70 bits per heavy atom. The van der Waals surface area contributed by atoms with Crippen molar-refractivity contribution in [3.05, 3.63) is 35.8 Å². The molecule has 1 aliphatic heterocycles. The number of nitrogens with one attached hydrogen (secondary N) is 2. The second-order valence-electron chi connectivity index (χ2n) is 10.8. The molecule has 1 saturated heterocycles. The normalized spacial score (nSPS) is 17.8. The maximum atomic E-state index is 13.1. The summed E-state index contributed by atoms with van der Waals surface area (Å²) in [7, 11) is 1.72. The number of nitrogens with zero attached hydrogens (tertiary/aromatic N) is 3. The SMILES string of the molecule is CCC(=O)CCCCC[C@H](NC(=O)CN1CCC2(CC1)CC2)c1ncc(-c2ccc(N)c(C=NC)c2)[nH]1. The van der Waals surface area contributed by atoms with Crippen molar-refractivity contribution in [1.29, 1.82) is 0 Å². The van der Waals surface area contributed by atoms with E-state index in [9.17, 15) is 9.59 Å². The molecular formula is C29H42N6O2.